The highest BCUT2D eigenvalue weighted by molar-refractivity contribution is 6.06. The maximum absolute atomic E-state index is 14.9. The maximum Gasteiger partial charge on any atom is 0.328 e. The smallest absolute Gasteiger partial charge is 0.294 e. The molecule has 0 radical (unpaired) electrons. The molecule has 6 amide bonds. The Hall–Kier alpha value is -6.87. The van der Waals surface area contributed by atoms with Crippen LogP contribution in [0.15, 0.2) is 109 Å². The van der Waals surface area contributed by atoms with Gasteiger partial charge in [0.05, 0.1) is 0 Å². The van der Waals surface area contributed by atoms with Gasteiger partial charge in [0.2, 0.25) is 0 Å². The van der Waals surface area contributed by atoms with E-state index in [-0.39, 0.29) is 28.9 Å². The van der Waals surface area contributed by atoms with Crippen LogP contribution in [0.3, 0.4) is 0 Å². The van der Waals surface area contributed by atoms with Gasteiger partial charge in [0.15, 0.2) is 0 Å². The number of anilines is 6. The first-order chi connectivity index (χ1) is 33.4. The quantitative estimate of drug-likeness (QED) is 0.123. The first-order valence-electron chi connectivity index (χ1n) is 25.4. The van der Waals surface area contributed by atoms with E-state index in [1.54, 1.807) is 0 Å². The molecule has 0 saturated heterocycles. The maximum atomic E-state index is 14.9. The molecule has 0 fully saturated rings. The minimum atomic E-state index is -0.387. The fourth-order valence-corrected chi connectivity index (χ4v) is 10.9. The molecule has 2 aliphatic carbocycles. The van der Waals surface area contributed by atoms with Gasteiger partial charge < -0.3 is 0 Å². The Bertz CT molecular complexity index is 2820. The second-order valence-electron chi connectivity index (χ2n) is 20.0. The topological polar surface area (TPSA) is 70.7 Å². The van der Waals surface area contributed by atoms with E-state index in [0.29, 0.717) is 39.3 Å². The molecule has 0 unspecified atom stereocenters. The summed E-state index contributed by atoms with van der Waals surface area (Å²) in [5, 5.41) is 0. The van der Waals surface area contributed by atoms with Crippen LogP contribution in [0.2, 0.25) is 0 Å². The summed E-state index contributed by atoms with van der Waals surface area (Å²) in [5.74, 6) is 0. The molecular formula is C61H72N6O3. The number of benzene rings is 6. The van der Waals surface area contributed by atoms with Gasteiger partial charge in [-0.1, -0.05) is 64.1 Å². The molecule has 9 heteroatoms. The first kappa shape index (κ1) is 49.5. The van der Waals surface area contributed by atoms with Crippen LogP contribution in [0.1, 0.15) is 114 Å². The SMILES string of the molecule is CCN(C(=O)N(CC)c1ccc2c(c1)C(C)(C)c1cc(N(CC)C(=O)N(CC)c3ccc4c(c3)C(C)(C)c3cc(N(CC)C(=O)N(CC)c5ccc(C)c(C)c5)ccc3-4)ccc1-2)c1ccc(C)c(C)c1. The highest BCUT2D eigenvalue weighted by Crippen LogP contribution is 2.52. The highest BCUT2D eigenvalue weighted by Gasteiger charge is 2.39. The lowest BCUT2D eigenvalue weighted by Crippen LogP contribution is -2.43. The molecule has 0 N–H and O–H groups in total. The van der Waals surface area contributed by atoms with Crippen molar-refractivity contribution < 1.29 is 14.4 Å². The second kappa shape index (κ2) is 19.1. The molecule has 0 spiro atoms. The Labute approximate surface area is 417 Å². The number of hydrogen-bond acceptors (Lipinski definition) is 3. The van der Waals surface area contributed by atoms with Crippen molar-refractivity contribution >= 4 is 52.2 Å². The van der Waals surface area contributed by atoms with Gasteiger partial charge >= 0.3 is 18.1 Å². The Morgan fingerprint density at radius 1 is 0.314 bits per heavy atom. The zero-order valence-corrected chi connectivity index (χ0v) is 44.0. The van der Waals surface area contributed by atoms with Gasteiger partial charge in [-0.15, -0.1) is 0 Å². The fourth-order valence-electron chi connectivity index (χ4n) is 10.9. The number of aryl methyl sites for hydroxylation is 4. The summed E-state index contributed by atoms with van der Waals surface area (Å²) in [7, 11) is 0. The van der Waals surface area contributed by atoms with Crippen molar-refractivity contribution in [1.82, 2.24) is 0 Å². The van der Waals surface area contributed by atoms with Gasteiger partial charge in [-0.3, -0.25) is 29.4 Å². The summed E-state index contributed by atoms with van der Waals surface area (Å²) >= 11 is 0. The van der Waals surface area contributed by atoms with Crippen LogP contribution in [0, 0.1) is 27.7 Å². The number of rotatable bonds is 12. The molecule has 8 rings (SSSR count). The van der Waals surface area contributed by atoms with E-state index in [9.17, 15) is 14.4 Å². The van der Waals surface area contributed by atoms with Gasteiger partial charge in [-0.05, 0) is 209 Å². The Morgan fingerprint density at radius 3 is 0.714 bits per heavy atom. The van der Waals surface area contributed by atoms with E-state index >= 15 is 0 Å². The summed E-state index contributed by atoms with van der Waals surface area (Å²) < 4.78 is 0. The van der Waals surface area contributed by atoms with E-state index in [4.69, 9.17) is 0 Å². The van der Waals surface area contributed by atoms with E-state index < -0.39 is 0 Å². The molecule has 6 aromatic carbocycles. The standard InChI is InChI=1S/C61H72N6O3/c1-15-62(43-23-21-39(7)41(9)33-43)57(68)64(17-3)45-25-29-49-51-31-27-47(37-55(51)60(11,12)53(49)35-45)66(19-5)59(70)67(20-6)48-28-32-52-50-30-26-46(36-54(50)61(13,14)56(52)38-48)65(18-4)58(69)63(16-2)44-24-22-40(8)42(10)34-44/h21-38H,15-20H2,1-14H3. The predicted octanol–water partition coefficient (Wildman–Crippen LogP) is 15.0. The molecule has 70 heavy (non-hydrogen) atoms. The third-order valence-electron chi connectivity index (χ3n) is 15.4. The lowest BCUT2D eigenvalue weighted by Gasteiger charge is -2.32. The molecule has 0 aliphatic heterocycles. The zero-order valence-electron chi connectivity index (χ0n) is 44.0. The number of carbonyl (C=O) groups is 3. The molecular weight excluding hydrogens is 865 g/mol. The van der Waals surface area contributed by atoms with E-state index in [2.05, 4.69) is 152 Å². The van der Waals surface area contributed by atoms with Crippen molar-refractivity contribution in [2.75, 3.05) is 68.7 Å². The first-order valence-corrected chi connectivity index (χ1v) is 25.4. The summed E-state index contributed by atoms with van der Waals surface area (Å²) in [6, 6.07) is 37.9. The van der Waals surface area contributed by atoms with Crippen LogP contribution in [0.5, 0.6) is 0 Å². The van der Waals surface area contributed by atoms with E-state index in [1.165, 1.54) is 11.1 Å². The van der Waals surface area contributed by atoms with Crippen LogP contribution >= 0.6 is 0 Å². The van der Waals surface area contributed by atoms with Gasteiger partial charge in [0, 0.05) is 84.2 Å². The van der Waals surface area contributed by atoms with Crippen molar-refractivity contribution in [3.05, 3.63) is 154 Å². The molecule has 364 valence electrons. The second-order valence-corrected chi connectivity index (χ2v) is 20.0. The number of urea groups is 3. The fraction of sp³-hybridized carbons (Fsp3) is 0.361. The van der Waals surface area contributed by atoms with Crippen LogP contribution in [-0.4, -0.2) is 57.4 Å². The van der Waals surface area contributed by atoms with Crippen molar-refractivity contribution in [3.8, 4) is 22.3 Å². The van der Waals surface area contributed by atoms with Crippen LogP contribution in [-0.2, 0) is 10.8 Å². The highest BCUT2D eigenvalue weighted by atomic mass is 16.2. The number of fused-ring (bicyclic) bond motifs is 6. The van der Waals surface area contributed by atoms with Gasteiger partial charge in [0.25, 0.3) is 0 Å². The average Bonchev–Trinajstić information content (AvgIpc) is 3.70. The van der Waals surface area contributed by atoms with Gasteiger partial charge in [-0.25, -0.2) is 14.4 Å². The minimum absolute atomic E-state index is 0.0492. The van der Waals surface area contributed by atoms with E-state index in [0.717, 1.165) is 89.8 Å². The summed E-state index contributed by atoms with van der Waals surface area (Å²) in [6.45, 7) is 32.6. The lowest BCUT2D eigenvalue weighted by atomic mass is 9.82. The average molecular weight is 937 g/mol. The molecule has 6 aromatic rings. The van der Waals surface area contributed by atoms with Crippen LogP contribution < -0.4 is 29.4 Å². The zero-order chi connectivity index (χ0) is 50.6. The van der Waals surface area contributed by atoms with Gasteiger partial charge in [0.1, 0.15) is 0 Å². The van der Waals surface area contributed by atoms with Crippen molar-refractivity contribution in [2.24, 2.45) is 0 Å². The Morgan fingerprint density at radius 2 is 0.514 bits per heavy atom. The monoisotopic (exact) mass is 937 g/mol. The molecule has 9 nitrogen and oxygen atoms in total. The largest absolute Gasteiger partial charge is 0.328 e. The third kappa shape index (κ3) is 8.31. The lowest BCUT2D eigenvalue weighted by molar-refractivity contribution is 0.251. The summed E-state index contributed by atoms with van der Waals surface area (Å²) in [6.07, 6.45) is 0. The van der Waals surface area contributed by atoms with Crippen molar-refractivity contribution in [2.45, 2.75) is 108 Å². The number of hydrogen-bond donors (Lipinski definition) is 0. The van der Waals surface area contributed by atoms with E-state index in [1.807, 2.05) is 83.1 Å². The number of amides is 6. The van der Waals surface area contributed by atoms with Crippen LogP contribution in [0.25, 0.3) is 22.3 Å². The summed E-state index contributed by atoms with van der Waals surface area (Å²) in [5.41, 5.74) is 18.4. The predicted molar refractivity (Wildman–Crippen MR) is 294 cm³/mol. The molecule has 0 heterocycles. The Balaban J connectivity index is 1.04. The number of nitrogens with zero attached hydrogens (tertiary/aromatic N) is 6. The summed E-state index contributed by atoms with van der Waals surface area (Å²) in [4.78, 5) is 54.6. The minimum Gasteiger partial charge on any atom is -0.294 e. The molecule has 0 atom stereocenters. The Kier molecular flexibility index (Phi) is 13.5. The van der Waals surface area contributed by atoms with Crippen LogP contribution in [0.4, 0.5) is 48.5 Å². The molecule has 0 saturated carbocycles. The third-order valence-corrected chi connectivity index (χ3v) is 15.4. The molecule has 0 bridgehead atoms. The molecule has 0 aromatic heterocycles. The molecule has 2 aliphatic rings. The number of carbonyl (C=O) groups excluding carboxylic acids is 3. The van der Waals surface area contributed by atoms with Crippen molar-refractivity contribution in [3.63, 3.8) is 0 Å². The normalized spacial score (nSPS) is 13.5. The van der Waals surface area contributed by atoms with Gasteiger partial charge in [-0.2, -0.15) is 0 Å². The van der Waals surface area contributed by atoms with Crippen molar-refractivity contribution in [1.29, 1.82) is 0 Å².